The Balaban J connectivity index is 1.86. The standard InChI is InChI=1S/C18H17ClFNO3/c1-2-12-5-3-6-13(9-12)21-17(22)11-24-18(23)10-14-15(19)7-4-8-16(14)20/h3-9H,2,10-11H2,1H3,(H,21,22). The fraction of sp³-hybridized carbons (Fsp3) is 0.222. The van der Waals surface area contributed by atoms with Crippen molar-refractivity contribution in [2.45, 2.75) is 19.8 Å². The largest absolute Gasteiger partial charge is 0.455 e. The minimum atomic E-state index is -0.723. The van der Waals surface area contributed by atoms with E-state index in [2.05, 4.69) is 5.32 Å². The average molecular weight is 350 g/mol. The van der Waals surface area contributed by atoms with Crippen LogP contribution < -0.4 is 5.32 Å². The summed E-state index contributed by atoms with van der Waals surface area (Å²) in [5.41, 5.74) is 1.77. The summed E-state index contributed by atoms with van der Waals surface area (Å²) in [6.45, 7) is 1.57. The van der Waals surface area contributed by atoms with Gasteiger partial charge in [-0.25, -0.2) is 4.39 Å². The zero-order valence-electron chi connectivity index (χ0n) is 13.1. The molecule has 0 aliphatic heterocycles. The molecule has 0 aliphatic carbocycles. The van der Waals surface area contributed by atoms with Gasteiger partial charge in [-0.1, -0.05) is 36.7 Å². The van der Waals surface area contributed by atoms with Gasteiger partial charge in [-0.3, -0.25) is 9.59 Å². The van der Waals surface area contributed by atoms with Crippen LogP contribution in [0.1, 0.15) is 18.1 Å². The number of aryl methyl sites for hydroxylation is 1. The van der Waals surface area contributed by atoms with E-state index in [0.29, 0.717) is 5.69 Å². The first-order valence-corrected chi connectivity index (χ1v) is 7.84. The lowest BCUT2D eigenvalue weighted by molar-refractivity contribution is -0.146. The third-order valence-electron chi connectivity index (χ3n) is 3.37. The van der Waals surface area contributed by atoms with Crippen LogP contribution >= 0.6 is 11.6 Å². The smallest absolute Gasteiger partial charge is 0.310 e. The summed E-state index contributed by atoms with van der Waals surface area (Å²) in [6, 6.07) is 11.5. The van der Waals surface area contributed by atoms with Crippen LogP contribution in [0.2, 0.25) is 5.02 Å². The Morgan fingerprint density at radius 1 is 1.21 bits per heavy atom. The molecule has 24 heavy (non-hydrogen) atoms. The molecule has 4 nitrogen and oxygen atoms in total. The van der Waals surface area contributed by atoms with Gasteiger partial charge in [-0.2, -0.15) is 0 Å². The van der Waals surface area contributed by atoms with Crippen molar-refractivity contribution in [1.82, 2.24) is 0 Å². The van der Waals surface area contributed by atoms with Crippen molar-refractivity contribution in [1.29, 1.82) is 0 Å². The number of carbonyl (C=O) groups is 2. The zero-order chi connectivity index (χ0) is 17.5. The second-order valence-corrected chi connectivity index (χ2v) is 5.55. The number of anilines is 1. The molecule has 0 aromatic heterocycles. The Labute approximate surface area is 144 Å². The molecule has 6 heteroatoms. The van der Waals surface area contributed by atoms with Gasteiger partial charge in [0.05, 0.1) is 6.42 Å². The van der Waals surface area contributed by atoms with Crippen LogP contribution in [0.15, 0.2) is 42.5 Å². The fourth-order valence-corrected chi connectivity index (χ4v) is 2.34. The van der Waals surface area contributed by atoms with E-state index in [1.54, 1.807) is 6.07 Å². The number of ether oxygens (including phenoxy) is 1. The second kappa shape index (κ2) is 8.45. The zero-order valence-corrected chi connectivity index (χ0v) is 13.9. The number of esters is 1. The van der Waals surface area contributed by atoms with Crippen molar-refractivity contribution in [2.24, 2.45) is 0 Å². The molecule has 0 fully saturated rings. The normalized spacial score (nSPS) is 10.3. The molecule has 0 heterocycles. The molecule has 2 rings (SSSR count). The maximum Gasteiger partial charge on any atom is 0.310 e. The van der Waals surface area contributed by atoms with Crippen LogP contribution in [0.5, 0.6) is 0 Å². The Morgan fingerprint density at radius 2 is 1.96 bits per heavy atom. The van der Waals surface area contributed by atoms with Gasteiger partial charge >= 0.3 is 5.97 Å². The molecule has 2 aromatic rings. The predicted octanol–water partition coefficient (Wildman–Crippen LogP) is 3.77. The van der Waals surface area contributed by atoms with Crippen LogP contribution in [0, 0.1) is 5.82 Å². The Morgan fingerprint density at radius 3 is 2.67 bits per heavy atom. The topological polar surface area (TPSA) is 55.4 Å². The first-order valence-electron chi connectivity index (χ1n) is 7.47. The van der Waals surface area contributed by atoms with Crippen LogP contribution in [0.4, 0.5) is 10.1 Å². The molecule has 1 amide bonds. The highest BCUT2D eigenvalue weighted by Gasteiger charge is 2.14. The van der Waals surface area contributed by atoms with Crippen LogP contribution in [-0.4, -0.2) is 18.5 Å². The first-order chi connectivity index (χ1) is 11.5. The van der Waals surface area contributed by atoms with Crippen molar-refractivity contribution in [3.63, 3.8) is 0 Å². The van der Waals surface area contributed by atoms with E-state index < -0.39 is 24.3 Å². The summed E-state index contributed by atoms with van der Waals surface area (Å²) < 4.78 is 18.5. The number of carbonyl (C=O) groups excluding carboxylic acids is 2. The number of rotatable bonds is 6. The van der Waals surface area contributed by atoms with Crippen LogP contribution in [0.3, 0.4) is 0 Å². The maximum absolute atomic E-state index is 13.6. The van der Waals surface area contributed by atoms with E-state index in [1.165, 1.54) is 18.2 Å². The lowest BCUT2D eigenvalue weighted by atomic mass is 10.1. The van der Waals surface area contributed by atoms with E-state index in [4.69, 9.17) is 16.3 Å². The summed E-state index contributed by atoms with van der Waals surface area (Å²) in [5, 5.41) is 2.79. The highest BCUT2D eigenvalue weighted by Crippen LogP contribution is 2.19. The van der Waals surface area contributed by atoms with Gasteiger partial charge in [-0.05, 0) is 36.2 Å². The molecule has 2 aromatic carbocycles. The van der Waals surface area contributed by atoms with Crippen LogP contribution in [0.25, 0.3) is 0 Å². The van der Waals surface area contributed by atoms with E-state index in [0.717, 1.165) is 12.0 Å². The first kappa shape index (κ1) is 17.9. The predicted molar refractivity (Wildman–Crippen MR) is 90.5 cm³/mol. The van der Waals surface area contributed by atoms with E-state index in [1.807, 2.05) is 25.1 Å². The van der Waals surface area contributed by atoms with Crippen molar-refractivity contribution < 1.29 is 18.7 Å². The number of hydrogen-bond donors (Lipinski definition) is 1. The average Bonchev–Trinajstić information content (AvgIpc) is 2.56. The summed E-state index contributed by atoms with van der Waals surface area (Å²) in [4.78, 5) is 23.6. The molecule has 126 valence electrons. The van der Waals surface area contributed by atoms with Crippen LogP contribution in [-0.2, 0) is 27.2 Å². The molecule has 0 radical (unpaired) electrons. The Hall–Kier alpha value is -2.40. The van der Waals surface area contributed by atoms with Crippen molar-refractivity contribution >= 4 is 29.2 Å². The minimum Gasteiger partial charge on any atom is -0.455 e. The van der Waals surface area contributed by atoms with Crippen molar-refractivity contribution in [3.05, 3.63) is 64.4 Å². The lowest BCUT2D eigenvalue weighted by Gasteiger charge is -2.08. The van der Waals surface area contributed by atoms with Gasteiger partial charge in [0.2, 0.25) is 0 Å². The van der Waals surface area contributed by atoms with Crippen molar-refractivity contribution in [2.75, 3.05) is 11.9 Å². The molecular weight excluding hydrogens is 333 g/mol. The number of hydrogen-bond acceptors (Lipinski definition) is 3. The SMILES string of the molecule is CCc1cccc(NC(=O)COC(=O)Cc2c(F)cccc2Cl)c1. The summed E-state index contributed by atoms with van der Waals surface area (Å²) in [5.74, 6) is -1.77. The summed E-state index contributed by atoms with van der Waals surface area (Å²) >= 11 is 5.85. The number of nitrogens with one attached hydrogen (secondary N) is 1. The molecule has 0 saturated heterocycles. The van der Waals surface area contributed by atoms with E-state index in [-0.39, 0.29) is 17.0 Å². The van der Waals surface area contributed by atoms with Gasteiger partial charge < -0.3 is 10.1 Å². The highest BCUT2D eigenvalue weighted by atomic mass is 35.5. The monoisotopic (exact) mass is 349 g/mol. The molecule has 0 saturated carbocycles. The Bertz CT molecular complexity index is 729. The summed E-state index contributed by atoms with van der Waals surface area (Å²) in [6.07, 6.45) is 0.520. The quantitative estimate of drug-likeness (QED) is 0.808. The maximum atomic E-state index is 13.6. The van der Waals surface area contributed by atoms with Gasteiger partial charge in [0.15, 0.2) is 6.61 Å². The highest BCUT2D eigenvalue weighted by molar-refractivity contribution is 6.31. The minimum absolute atomic E-state index is 0.0558. The fourth-order valence-electron chi connectivity index (χ4n) is 2.11. The second-order valence-electron chi connectivity index (χ2n) is 5.14. The molecule has 0 aliphatic rings. The molecule has 0 unspecified atom stereocenters. The number of halogens is 2. The van der Waals surface area contributed by atoms with Gasteiger partial charge in [0, 0.05) is 16.3 Å². The van der Waals surface area contributed by atoms with Crippen molar-refractivity contribution in [3.8, 4) is 0 Å². The third kappa shape index (κ3) is 5.06. The molecular formula is C18H17ClFNO3. The van der Waals surface area contributed by atoms with E-state index in [9.17, 15) is 14.0 Å². The molecule has 1 N–H and O–H groups in total. The van der Waals surface area contributed by atoms with Gasteiger partial charge in [-0.15, -0.1) is 0 Å². The summed E-state index contributed by atoms with van der Waals surface area (Å²) in [7, 11) is 0. The molecule has 0 spiro atoms. The van der Waals surface area contributed by atoms with E-state index >= 15 is 0 Å². The molecule has 0 bridgehead atoms. The lowest BCUT2D eigenvalue weighted by Crippen LogP contribution is -2.22. The number of amides is 1. The third-order valence-corrected chi connectivity index (χ3v) is 3.72. The van der Waals surface area contributed by atoms with Gasteiger partial charge in [0.25, 0.3) is 5.91 Å². The number of benzene rings is 2. The van der Waals surface area contributed by atoms with Gasteiger partial charge in [0.1, 0.15) is 5.82 Å². The Kier molecular flexibility index (Phi) is 6.32. The molecule has 0 atom stereocenters.